The average molecular weight is 494 g/mol. The summed E-state index contributed by atoms with van der Waals surface area (Å²) >= 11 is 0. The number of hydrogen-bond donors (Lipinski definition) is 3. The molecule has 0 saturated heterocycles. The van der Waals surface area contributed by atoms with Gasteiger partial charge in [-0.3, -0.25) is 14.0 Å². The van der Waals surface area contributed by atoms with Crippen LogP contribution in [0.25, 0.3) is 27.7 Å². The summed E-state index contributed by atoms with van der Waals surface area (Å²) in [5, 5.41) is 8.31. The number of rotatable bonds is 8. The van der Waals surface area contributed by atoms with Crippen LogP contribution in [0.3, 0.4) is 0 Å². The van der Waals surface area contributed by atoms with E-state index in [0.717, 1.165) is 27.5 Å². The predicted octanol–water partition coefficient (Wildman–Crippen LogP) is 4.13. The van der Waals surface area contributed by atoms with Crippen LogP contribution in [0.2, 0.25) is 0 Å². The van der Waals surface area contributed by atoms with Crippen molar-refractivity contribution in [2.24, 2.45) is 5.73 Å². The van der Waals surface area contributed by atoms with Crippen molar-refractivity contribution in [2.45, 2.75) is 13.1 Å². The molecule has 0 aliphatic rings. The van der Waals surface area contributed by atoms with Gasteiger partial charge >= 0.3 is 5.97 Å². The first-order valence-electron chi connectivity index (χ1n) is 11.9. The molecule has 5 aromatic rings. The first-order chi connectivity index (χ1) is 18.1. The van der Waals surface area contributed by atoms with E-state index in [1.165, 1.54) is 7.11 Å². The molecule has 0 atom stereocenters. The summed E-state index contributed by atoms with van der Waals surface area (Å²) in [7, 11) is 1.35. The number of amides is 1. The topological polar surface area (TPSA) is 111 Å². The van der Waals surface area contributed by atoms with Gasteiger partial charge < -0.3 is 21.1 Å². The number of hydrogen-bond acceptors (Lipinski definition) is 6. The van der Waals surface area contributed by atoms with Crippen LogP contribution in [0.4, 0.5) is 5.82 Å². The largest absolute Gasteiger partial charge is 0.468 e. The summed E-state index contributed by atoms with van der Waals surface area (Å²) in [5.41, 5.74) is 10.3. The molecule has 5 rings (SSSR count). The SMILES string of the molecule is COC(=O)CNc1c(-c2ccc3ccccc3c2)nc2cc(C(=O)NCc3cccc(CN)c3)ccn12. The highest BCUT2D eigenvalue weighted by Gasteiger charge is 2.17. The zero-order valence-corrected chi connectivity index (χ0v) is 20.4. The lowest BCUT2D eigenvalue weighted by Crippen LogP contribution is -2.23. The molecule has 0 bridgehead atoms. The van der Waals surface area contributed by atoms with Crippen LogP contribution < -0.4 is 16.4 Å². The number of pyridine rings is 1. The maximum Gasteiger partial charge on any atom is 0.325 e. The van der Waals surface area contributed by atoms with E-state index in [9.17, 15) is 9.59 Å². The minimum absolute atomic E-state index is 0.0189. The zero-order chi connectivity index (χ0) is 25.8. The van der Waals surface area contributed by atoms with Gasteiger partial charge in [0.25, 0.3) is 5.91 Å². The van der Waals surface area contributed by atoms with Crippen LogP contribution in [0.15, 0.2) is 85.1 Å². The third kappa shape index (κ3) is 5.14. The van der Waals surface area contributed by atoms with Gasteiger partial charge in [-0.2, -0.15) is 0 Å². The Morgan fingerprint density at radius 2 is 1.76 bits per heavy atom. The fourth-order valence-electron chi connectivity index (χ4n) is 4.27. The minimum atomic E-state index is -0.394. The molecule has 4 N–H and O–H groups in total. The number of nitrogens with one attached hydrogen (secondary N) is 2. The Morgan fingerprint density at radius 1 is 0.946 bits per heavy atom. The first-order valence-corrected chi connectivity index (χ1v) is 11.9. The summed E-state index contributed by atoms with van der Waals surface area (Å²) in [5.74, 6) is 0.0373. The monoisotopic (exact) mass is 493 g/mol. The van der Waals surface area contributed by atoms with Gasteiger partial charge in [0.05, 0.1) is 7.11 Å². The van der Waals surface area contributed by atoms with Gasteiger partial charge in [-0.25, -0.2) is 4.98 Å². The number of anilines is 1. The van der Waals surface area contributed by atoms with Crippen molar-refractivity contribution in [2.75, 3.05) is 19.0 Å². The molecule has 0 unspecified atom stereocenters. The Labute approximate surface area is 214 Å². The molecule has 8 nitrogen and oxygen atoms in total. The second kappa shape index (κ2) is 10.5. The highest BCUT2D eigenvalue weighted by atomic mass is 16.5. The van der Waals surface area contributed by atoms with E-state index in [2.05, 4.69) is 22.8 Å². The van der Waals surface area contributed by atoms with E-state index >= 15 is 0 Å². The quantitative estimate of drug-likeness (QED) is 0.280. The van der Waals surface area contributed by atoms with Crippen LogP contribution >= 0.6 is 0 Å². The molecule has 1 amide bonds. The second-order valence-corrected chi connectivity index (χ2v) is 8.65. The number of imidazole rings is 1. The number of aromatic nitrogens is 2. The maximum atomic E-state index is 12.9. The molecule has 0 fully saturated rings. The van der Waals surface area contributed by atoms with Crippen LogP contribution in [0.1, 0.15) is 21.5 Å². The van der Waals surface area contributed by atoms with E-state index in [-0.39, 0.29) is 12.5 Å². The third-order valence-electron chi connectivity index (χ3n) is 6.22. The number of methoxy groups -OCH3 is 1. The Kier molecular flexibility index (Phi) is 6.83. The van der Waals surface area contributed by atoms with E-state index in [4.69, 9.17) is 15.5 Å². The molecule has 0 radical (unpaired) electrons. The van der Waals surface area contributed by atoms with E-state index < -0.39 is 5.97 Å². The Morgan fingerprint density at radius 3 is 2.57 bits per heavy atom. The van der Waals surface area contributed by atoms with Gasteiger partial charge in [-0.1, -0.05) is 60.7 Å². The molecule has 0 spiro atoms. The second-order valence-electron chi connectivity index (χ2n) is 8.65. The number of fused-ring (bicyclic) bond motifs is 2. The van der Waals surface area contributed by atoms with Crippen molar-refractivity contribution < 1.29 is 14.3 Å². The van der Waals surface area contributed by atoms with Gasteiger partial charge in [0.1, 0.15) is 23.7 Å². The Hall–Kier alpha value is -4.69. The zero-order valence-electron chi connectivity index (χ0n) is 20.4. The summed E-state index contributed by atoms with van der Waals surface area (Å²) in [6.45, 7) is 0.819. The van der Waals surface area contributed by atoms with Gasteiger partial charge in [0.15, 0.2) is 0 Å². The molecule has 2 heterocycles. The highest BCUT2D eigenvalue weighted by molar-refractivity contribution is 5.96. The van der Waals surface area contributed by atoms with Crippen molar-refractivity contribution in [3.63, 3.8) is 0 Å². The summed E-state index contributed by atoms with van der Waals surface area (Å²) in [4.78, 5) is 29.6. The van der Waals surface area contributed by atoms with Gasteiger partial charge in [-0.05, 0) is 40.1 Å². The number of nitrogens with two attached hydrogens (primary N) is 1. The highest BCUT2D eigenvalue weighted by Crippen LogP contribution is 2.31. The molecular weight excluding hydrogens is 466 g/mol. The smallest absolute Gasteiger partial charge is 0.325 e. The standard InChI is InChI=1S/C29H27N5O3/c1-37-26(35)18-31-28-27(23-10-9-21-7-2-3-8-22(21)14-23)33-25-15-24(11-12-34(25)28)29(36)32-17-20-6-4-5-19(13-20)16-30/h2-15,31H,16-18,30H2,1H3,(H,32,36). The van der Waals surface area contributed by atoms with Crippen LogP contribution in [-0.4, -0.2) is 34.9 Å². The fraction of sp³-hybridized carbons (Fsp3) is 0.138. The molecule has 0 saturated carbocycles. The number of carbonyl (C=O) groups is 2. The van der Waals surface area contributed by atoms with Crippen molar-refractivity contribution in [1.82, 2.24) is 14.7 Å². The number of esters is 1. The summed E-state index contributed by atoms with van der Waals surface area (Å²) in [6.07, 6.45) is 1.77. The van der Waals surface area contributed by atoms with Crippen molar-refractivity contribution >= 4 is 34.1 Å². The lowest BCUT2D eigenvalue weighted by atomic mass is 10.1. The number of nitrogens with zero attached hydrogens (tertiary/aromatic N) is 2. The van der Waals surface area contributed by atoms with Gasteiger partial charge in [-0.15, -0.1) is 0 Å². The lowest BCUT2D eigenvalue weighted by molar-refractivity contribution is -0.138. The van der Waals surface area contributed by atoms with Gasteiger partial charge in [0.2, 0.25) is 0 Å². The van der Waals surface area contributed by atoms with Crippen LogP contribution in [-0.2, 0) is 22.6 Å². The molecular formula is C29H27N5O3. The van der Waals surface area contributed by atoms with E-state index in [1.54, 1.807) is 18.3 Å². The number of carbonyl (C=O) groups excluding carboxylic acids is 2. The lowest BCUT2D eigenvalue weighted by Gasteiger charge is -2.09. The van der Waals surface area contributed by atoms with Crippen molar-refractivity contribution in [1.29, 1.82) is 0 Å². The molecule has 3 aromatic carbocycles. The summed E-state index contributed by atoms with van der Waals surface area (Å²) in [6, 6.07) is 25.5. The molecule has 2 aromatic heterocycles. The molecule has 0 aliphatic carbocycles. The fourth-order valence-corrected chi connectivity index (χ4v) is 4.27. The summed E-state index contributed by atoms with van der Waals surface area (Å²) < 4.78 is 6.63. The predicted molar refractivity (Wildman–Crippen MR) is 144 cm³/mol. The maximum absolute atomic E-state index is 12.9. The molecule has 186 valence electrons. The Balaban J connectivity index is 1.47. The molecule has 0 aliphatic heterocycles. The minimum Gasteiger partial charge on any atom is -0.468 e. The molecule has 8 heteroatoms. The Bertz CT molecular complexity index is 1610. The third-order valence-corrected chi connectivity index (χ3v) is 6.22. The van der Waals surface area contributed by atoms with Gasteiger partial charge in [0, 0.05) is 30.4 Å². The van der Waals surface area contributed by atoms with Crippen LogP contribution in [0, 0.1) is 0 Å². The molecule has 37 heavy (non-hydrogen) atoms. The number of ether oxygens (including phenoxy) is 1. The number of benzene rings is 3. The van der Waals surface area contributed by atoms with Crippen molar-refractivity contribution in [3.05, 3.63) is 102 Å². The van der Waals surface area contributed by atoms with E-state index in [1.807, 2.05) is 59.0 Å². The van der Waals surface area contributed by atoms with Crippen molar-refractivity contribution in [3.8, 4) is 11.3 Å². The first kappa shape index (κ1) is 24.0. The normalized spacial score (nSPS) is 11.0. The van der Waals surface area contributed by atoms with Crippen LogP contribution in [0.5, 0.6) is 0 Å². The van der Waals surface area contributed by atoms with E-state index in [0.29, 0.717) is 35.8 Å². The average Bonchev–Trinajstić information content (AvgIpc) is 3.32.